The van der Waals surface area contributed by atoms with Crippen LogP contribution >= 0.6 is 11.3 Å². The second-order valence-electron chi connectivity index (χ2n) is 7.71. The van der Waals surface area contributed by atoms with E-state index in [0.29, 0.717) is 19.5 Å². The van der Waals surface area contributed by atoms with E-state index in [2.05, 4.69) is 17.4 Å². The third-order valence-corrected chi connectivity index (χ3v) is 5.46. The summed E-state index contributed by atoms with van der Waals surface area (Å²) in [6, 6.07) is 8.13. The molecule has 0 bridgehead atoms. The number of ether oxygens (including phenoxy) is 1. The Bertz CT molecular complexity index is 794. The number of nitrogens with zero attached hydrogens (tertiary/aromatic N) is 1. The zero-order valence-electron chi connectivity index (χ0n) is 15.6. The van der Waals surface area contributed by atoms with Crippen molar-refractivity contribution in [3.8, 4) is 0 Å². The molecule has 0 aliphatic carbocycles. The van der Waals surface area contributed by atoms with Crippen molar-refractivity contribution >= 4 is 33.4 Å². The average molecular weight is 375 g/mol. The van der Waals surface area contributed by atoms with Gasteiger partial charge in [-0.15, -0.1) is 11.3 Å². The maximum atomic E-state index is 12.4. The molecule has 2 heterocycles. The maximum Gasteiger partial charge on any atom is 0.410 e. The second kappa shape index (κ2) is 7.66. The highest BCUT2D eigenvalue weighted by Crippen LogP contribution is 2.26. The van der Waals surface area contributed by atoms with E-state index in [1.165, 1.54) is 4.70 Å². The molecule has 3 rings (SSSR count). The molecule has 1 N–H and O–H groups in total. The van der Waals surface area contributed by atoms with E-state index in [1.54, 1.807) is 16.2 Å². The Morgan fingerprint density at radius 3 is 2.85 bits per heavy atom. The number of benzene rings is 1. The fraction of sp³-hybridized carbons (Fsp3) is 0.500. The van der Waals surface area contributed by atoms with Crippen LogP contribution in [-0.2, 0) is 16.0 Å². The van der Waals surface area contributed by atoms with Crippen LogP contribution in [0.3, 0.4) is 0 Å². The number of hydrogen-bond acceptors (Lipinski definition) is 4. The van der Waals surface area contributed by atoms with Crippen LogP contribution in [0.5, 0.6) is 0 Å². The fourth-order valence-corrected chi connectivity index (χ4v) is 4.21. The summed E-state index contributed by atoms with van der Waals surface area (Å²) in [7, 11) is 0. The van der Waals surface area contributed by atoms with Crippen molar-refractivity contribution in [2.75, 3.05) is 13.1 Å². The van der Waals surface area contributed by atoms with Gasteiger partial charge in [0.2, 0.25) is 5.91 Å². The van der Waals surface area contributed by atoms with Crippen LogP contribution < -0.4 is 5.32 Å². The predicted molar refractivity (Wildman–Crippen MR) is 105 cm³/mol. The van der Waals surface area contributed by atoms with Crippen molar-refractivity contribution in [3.05, 3.63) is 35.2 Å². The Morgan fingerprint density at radius 1 is 1.31 bits per heavy atom. The summed E-state index contributed by atoms with van der Waals surface area (Å²) in [4.78, 5) is 26.4. The van der Waals surface area contributed by atoms with Crippen molar-refractivity contribution in [2.24, 2.45) is 0 Å². The number of carbonyl (C=O) groups is 2. The molecule has 1 fully saturated rings. The van der Waals surface area contributed by atoms with Crippen molar-refractivity contribution in [2.45, 2.75) is 51.7 Å². The Morgan fingerprint density at radius 2 is 2.08 bits per heavy atom. The molecule has 140 valence electrons. The van der Waals surface area contributed by atoms with E-state index in [1.807, 2.05) is 38.3 Å². The zero-order valence-corrected chi connectivity index (χ0v) is 16.4. The fourth-order valence-electron chi connectivity index (χ4n) is 3.25. The molecule has 6 heteroatoms. The molecule has 2 aromatic rings. The van der Waals surface area contributed by atoms with E-state index >= 15 is 0 Å². The summed E-state index contributed by atoms with van der Waals surface area (Å²) in [5.41, 5.74) is 0.548. The number of nitrogens with one attached hydrogen (secondary N) is 1. The van der Waals surface area contributed by atoms with E-state index in [0.717, 1.165) is 23.8 Å². The van der Waals surface area contributed by atoms with Crippen LogP contribution in [0.25, 0.3) is 10.1 Å². The molecule has 26 heavy (non-hydrogen) atoms. The second-order valence-corrected chi connectivity index (χ2v) is 8.62. The summed E-state index contributed by atoms with van der Waals surface area (Å²) in [6.45, 7) is 6.75. The third-order valence-electron chi connectivity index (χ3n) is 4.45. The molecule has 0 spiro atoms. The molecule has 0 radical (unpaired) electrons. The van der Waals surface area contributed by atoms with E-state index in [4.69, 9.17) is 4.74 Å². The highest BCUT2D eigenvalue weighted by Gasteiger charge is 2.32. The highest BCUT2D eigenvalue weighted by molar-refractivity contribution is 7.17. The Hall–Kier alpha value is -2.08. The normalized spacial score (nSPS) is 17.5. The Kier molecular flexibility index (Phi) is 5.51. The predicted octanol–water partition coefficient (Wildman–Crippen LogP) is 3.96. The molecule has 1 aliphatic heterocycles. The van der Waals surface area contributed by atoms with Crippen LogP contribution in [0.2, 0.25) is 0 Å². The quantitative estimate of drug-likeness (QED) is 0.881. The minimum atomic E-state index is -0.506. The van der Waals surface area contributed by atoms with Gasteiger partial charge in [0.25, 0.3) is 0 Å². The summed E-state index contributed by atoms with van der Waals surface area (Å²) < 4.78 is 6.66. The maximum absolute atomic E-state index is 12.4. The third kappa shape index (κ3) is 4.55. The Balaban J connectivity index is 1.54. The van der Waals surface area contributed by atoms with Crippen LogP contribution in [0.1, 0.15) is 39.2 Å². The first kappa shape index (κ1) is 18.7. The van der Waals surface area contributed by atoms with E-state index < -0.39 is 5.60 Å². The van der Waals surface area contributed by atoms with Crippen LogP contribution in [0.15, 0.2) is 29.6 Å². The number of fused-ring (bicyclic) bond motifs is 1. The number of thiophene rings is 1. The van der Waals surface area contributed by atoms with Gasteiger partial charge in [0.1, 0.15) is 5.60 Å². The first-order valence-corrected chi connectivity index (χ1v) is 9.93. The lowest BCUT2D eigenvalue weighted by Crippen LogP contribution is -2.45. The number of amides is 2. The van der Waals surface area contributed by atoms with Gasteiger partial charge in [-0.3, -0.25) is 4.79 Å². The largest absolute Gasteiger partial charge is 0.444 e. The average Bonchev–Trinajstić information content (AvgIpc) is 3.19. The number of carbonyl (C=O) groups excluding carboxylic acids is 2. The van der Waals surface area contributed by atoms with Gasteiger partial charge in [0.15, 0.2) is 0 Å². The smallest absolute Gasteiger partial charge is 0.410 e. The molecule has 0 unspecified atom stereocenters. The van der Waals surface area contributed by atoms with E-state index in [-0.39, 0.29) is 18.0 Å². The topological polar surface area (TPSA) is 58.6 Å². The van der Waals surface area contributed by atoms with Gasteiger partial charge in [0, 0.05) is 17.8 Å². The lowest BCUT2D eigenvalue weighted by Gasteiger charge is -2.28. The Labute approximate surface area is 158 Å². The first-order chi connectivity index (χ1) is 12.3. The molecule has 1 aliphatic rings. The van der Waals surface area contributed by atoms with Crippen LogP contribution in [0.4, 0.5) is 4.79 Å². The SMILES string of the molecule is CC(C)(C)OC(=O)N1CCC[C@H]1CNC(=O)Cc1csc2ccccc12. The lowest BCUT2D eigenvalue weighted by molar-refractivity contribution is -0.120. The molecule has 1 atom stereocenters. The van der Waals surface area contributed by atoms with E-state index in [9.17, 15) is 9.59 Å². The molecule has 1 aromatic carbocycles. The van der Waals surface area contributed by atoms with Gasteiger partial charge in [0.05, 0.1) is 12.5 Å². The van der Waals surface area contributed by atoms with Gasteiger partial charge in [-0.1, -0.05) is 18.2 Å². The minimum Gasteiger partial charge on any atom is -0.444 e. The molecule has 2 amide bonds. The molecule has 1 aromatic heterocycles. The molecule has 1 saturated heterocycles. The monoisotopic (exact) mass is 374 g/mol. The van der Waals surface area contributed by atoms with Crippen molar-refractivity contribution in [1.82, 2.24) is 10.2 Å². The van der Waals surface area contributed by atoms with Gasteiger partial charge >= 0.3 is 6.09 Å². The standard InChI is InChI=1S/C20H26N2O3S/c1-20(2,3)25-19(24)22-10-6-7-15(22)12-21-18(23)11-14-13-26-17-9-5-4-8-16(14)17/h4-5,8-9,13,15H,6-7,10-12H2,1-3H3,(H,21,23)/t15-/m0/s1. The number of likely N-dealkylation sites (tertiary alicyclic amines) is 1. The summed E-state index contributed by atoms with van der Waals surface area (Å²) >= 11 is 1.66. The molecular weight excluding hydrogens is 348 g/mol. The lowest BCUT2D eigenvalue weighted by atomic mass is 10.1. The van der Waals surface area contributed by atoms with Gasteiger partial charge in [-0.2, -0.15) is 0 Å². The highest BCUT2D eigenvalue weighted by atomic mass is 32.1. The van der Waals surface area contributed by atoms with Crippen molar-refractivity contribution in [3.63, 3.8) is 0 Å². The summed E-state index contributed by atoms with van der Waals surface area (Å²) in [5.74, 6) is -0.00964. The van der Waals surface area contributed by atoms with Gasteiger partial charge in [-0.25, -0.2) is 4.79 Å². The van der Waals surface area contributed by atoms with Gasteiger partial charge < -0.3 is 15.0 Å². The molecule has 0 saturated carbocycles. The zero-order chi connectivity index (χ0) is 18.7. The summed E-state index contributed by atoms with van der Waals surface area (Å²) in [5, 5.41) is 6.18. The summed E-state index contributed by atoms with van der Waals surface area (Å²) in [6.07, 6.45) is 1.90. The minimum absolute atomic E-state index is 0.00742. The first-order valence-electron chi connectivity index (χ1n) is 9.05. The van der Waals surface area contributed by atoms with Crippen molar-refractivity contribution in [1.29, 1.82) is 0 Å². The van der Waals surface area contributed by atoms with Crippen LogP contribution in [0, 0.1) is 0 Å². The van der Waals surface area contributed by atoms with Crippen molar-refractivity contribution < 1.29 is 14.3 Å². The molecular formula is C20H26N2O3S. The molecule has 5 nitrogen and oxygen atoms in total. The number of hydrogen-bond donors (Lipinski definition) is 1. The van der Waals surface area contributed by atoms with Gasteiger partial charge in [-0.05, 0) is 56.0 Å². The van der Waals surface area contributed by atoms with Crippen LogP contribution in [-0.4, -0.2) is 41.6 Å². The number of rotatable bonds is 4.